The monoisotopic (exact) mass is 310 g/mol. The van der Waals surface area contributed by atoms with Crippen molar-refractivity contribution in [3.05, 3.63) is 59.9 Å². The summed E-state index contributed by atoms with van der Waals surface area (Å²) in [4.78, 5) is 30.7. The van der Waals surface area contributed by atoms with E-state index in [-0.39, 0.29) is 18.2 Å². The van der Waals surface area contributed by atoms with Gasteiger partial charge in [-0.25, -0.2) is 0 Å². The SMILES string of the molecule is CC(C)N1C(=O)[C@](O)(CC(=O)c2cccnc2)c2ccccc21. The first-order valence-corrected chi connectivity index (χ1v) is 7.54. The van der Waals surface area contributed by atoms with Gasteiger partial charge in [0.1, 0.15) is 0 Å². The van der Waals surface area contributed by atoms with Crippen molar-refractivity contribution in [1.82, 2.24) is 4.98 Å². The standard InChI is InChI=1S/C18H18N2O3/c1-12(2)20-15-8-4-3-7-14(15)18(23,17(20)22)10-16(21)13-6-5-9-19-11-13/h3-9,11-12,23H,10H2,1-2H3/t18-/m0/s1. The normalized spacial score (nSPS) is 20.0. The van der Waals surface area contributed by atoms with Gasteiger partial charge in [-0.05, 0) is 32.0 Å². The molecule has 5 nitrogen and oxygen atoms in total. The van der Waals surface area contributed by atoms with Crippen LogP contribution in [0.25, 0.3) is 0 Å². The third kappa shape index (κ3) is 2.43. The van der Waals surface area contributed by atoms with Crippen molar-refractivity contribution in [3.8, 4) is 0 Å². The Labute approximate surface area is 134 Å². The largest absolute Gasteiger partial charge is 0.375 e. The molecule has 0 radical (unpaired) electrons. The number of ketones is 1. The summed E-state index contributed by atoms with van der Waals surface area (Å²) in [6.07, 6.45) is 2.72. The summed E-state index contributed by atoms with van der Waals surface area (Å²) in [7, 11) is 0. The number of hydrogen-bond donors (Lipinski definition) is 1. The predicted molar refractivity (Wildman–Crippen MR) is 86.1 cm³/mol. The van der Waals surface area contributed by atoms with E-state index < -0.39 is 11.5 Å². The maximum atomic E-state index is 12.8. The van der Waals surface area contributed by atoms with Crippen LogP contribution < -0.4 is 4.90 Å². The van der Waals surface area contributed by atoms with E-state index in [1.165, 1.54) is 6.20 Å². The van der Waals surface area contributed by atoms with Crippen LogP contribution in [-0.2, 0) is 10.4 Å². The number of hydrogen-bond acceptors (Lipinski definition) is 4. The first-order chi connectivity index (χ1) is 10.9. The zero-order valence-electron chi connectivity index (χ0n) is 13.1. The van der Waals surface area contributed by atoms with E-state index in [4.69, 9.17) is 0 Å². The van der Waals surface area contributed by atoms with E-state index in [0.29, 0.717) is 16.8 Å². The fourth-order valence-corrected chi connectivity index (χ4v) is 3.00. The summed E-state index contributed by atoms with van der Waals surface area (Å²) in [5.74, 6) is -0.764. The minimum atomic E-state index is -1.83. The smallest absolute Gasteiger partial charge is 0.264 e. The molecule has 0 fully saturated rings. The van der Waals surface area contributed by atoms with Crippen LogP contribution in [0.5, 0.6) is 0 Å². The van der Waals surface area contributed by atoms with E-state index in [0.717, 1.165) is 0 Å². The number of Topliss-reactive ketones (excluding diaryl/α,β-unsaturated/α-hetero) is 1. The Morgan fingerprint density at radius 3 is 2.65 bits per heavy atom. The number of para-hydroxylation sites is 1. The number of fused-ring (bicyclic) bond motifs is 1. The maximum absolute atomic E-state index is 12.8. The number of carbonyl (C=O) groups is 2. The van der Waals surface area contributed by atoms with Crippen LogP contribution >= 0.6 is 0 Å². The lowest BCUT2D eigenvalue weighted by molar-refractivity contribution is -0.136. The molecular formula is C18H18N2O3. The Morgan fingerprint density at radius 1 is 1.26 bits per heavy atom. The van der Waals surface area contributed by atoms with Gasteiger partial charge in [0, 0.05) is 29.6 Å². The summed E-state index contributed by atoms with van der Waals surface area (Å²) >= 11 is 0. The Balaban J connectivity index is 2.01. The Morgan fingerprint density at radius 2 is 2.00 bits per heavy atom. The van der Waals surface area contributed by atoms with Crippen LogP contribution in [0, 0.1) is 0 Å². The van der Waals surface area contributed by atoms with E-state index in [2.05, 4.69) is 4.98 Å². The average molecular weight is 310 g/mol. The van der Waals surface area contributed by atoms with Gasteiger partial charge in [-0.3, -0.25) is 14.6 Å². The third-order valence-electron chi connectivity index (χ3n) is 4.10. The van der Waals surface area contributed by atoms with Crippen LogP contribution in [0.15, 0.2) is 48.8 Å². The number of anilines is 1. The van der Waals surface area contributed by atoms with Crippen LogP contribution in [0.2, 0.25) is 0 Å². The van der Waals surface area contributed by atoms with Gasteiger partial charge in [0.2, 0.25) is 0 Å². The molecule has 1 aromatic carbocycles. The molecule has 0 unspecified atom stereocenters. The highest BCUT2D eigenvalue weighted by molar-refractivity contribution is 6.10. The summed E-state index contributed by atoms with van der Waals surface area (Å²) < 4.78 is 0. The van der Waals surface area contributed by atoms with Crippen LogP contribution in [0.4, 0.5) is 5.69 Å². The number of aliphatic hydroxyl groups is 1. The molecule has 1 N–H and O–H groups in total. The number of aromatic nitrogens is 1. The van der Waals surface area contributed by atoms with Crippen molar-refractivity contribution in [2.24, 2.45) is 0 Å². The van der Waals surface area contributed by atoms with Gasteiger partial charge in [-0.1, -0.05) is 18.2 Å². The van der Waals surface area contributed by atoms with E-state index >= 15 is 0 Å². The van der Waals surface area contributed by atoms with Crippen molar-refractivity contribution < 1.29 is 14.7 Å². The van der Waals surface area contributed by atoms with Gasteiger partial charge in [-0.15, -0.1) is 0 Å². The maximum Gasteiger partial charge on any atom is 0.264 e. The molecule has 118 valence electrons. The average Bonchev–Trinajstić information content (AvgIpc) is 2.77. The molecule has 1 amide bonds. The van der Waals surface area contributed by atoms with Crippen LogP contribution in [-0.4, -0.2) is 27.8 Å². The van der Waals surface area contributed by atoms with Gasteiger partial charge in [0.15, 0.2) is 11.4 Å². The Bertz CT molecular complexity index is 758. The number of rotatable bonds is 4. The lowest BCUT2D eigenvalue weighted by Crippen LogP contribution is -2.44. The van der Waals surface area contributed by atoms with Crippen molar-refractivity contribution in [2.75, 3.05) is 4.90 Å². The van der Waals surface area contributed by atoms with Crippen molar-refractivity contribution in [3.63, 3.8) is 0 Å². The number of benzene rings is 1. The number of nitrogens with zero attached hydrogens (tertiary/aromatic N) is 2. The molecule has 5 heteroatoms. The van der Waals surface area contributed by atoms with Gasteiger partial charge in [0.25, 0.3) is 5.91 Å². The minimum Gasteiger partial charge on any atom is -0.375 e. The highest BCUT2D eigenvalue weighted by atomic mass is 16.3. The number of carbonyl (C=O) groups excluding carboxylic acids is 2. The number of pyridine rings is 1. The summed E-state index contributed by atoms with van der Waals surface area (Å²) in [6, 6.07) is 10.2. The van der Waals surface area contributed by atoms with Crippen molar-refractivity contribution in [1.29, 1.82) is 0 Å². The molecule has 3 rings (SSSR count). The molecule has 0 bridgehead atoms. The van der Waals surface area contributed by atoms with E-state index in [9.17, 15) is 14.7 Å². The molecule has 1 aliphatic rings. The molecule has 0 spiro atoms. The quantitative estimate of drug-likeness (QED) is 0.880. The lowest BCUT2D eigenvalue weighted by atomic mass is 9.88. The highest BCUT2D eigenvalue weighted by Crippen LogP contribution is 2.43. The minimum absolute atomic E-state index is 0.105. The molecule has 0 saturated heterocycles. The topological polar surface area (TPSA) is 70.5 Å². The van der Waals surface area contributed by atoms with Gasteiger partial charge >= 0.3 is 0 Å². The molecule has 1 atom stereocenters. The van der Waals surface area contributed by atoms with Gasteiger partial charge < -0.3 is 10.0 Å². The molecule has 0 saturated carbocycles. The highest BCUT2D eigenvalue weighted by Gasteiger charge is 2.51. The van der Waals surface area contributed by atoms with Crippen molar-refractivity contribution >= 4 is 17.4 Å². The van der Waals surface area contributed by atoms with Gasteiger partial charge in [-0.2, -0.15) is 0 Å². The zero-order chi connectivity index (χ0) is 16.6. The first kappa shape index (κ1) is 15.4. The lowest BCUT2D eigenvalue weighted by Gasteiger charge is -2.25. The molecule has 2 heterocycles. The molecular weight excluding hydrogens is 292 g/mol. The fourth-order valence-electron chi connectivity index (χ4n) is 3.00. The second-order valence-electron chi connectivity index (χ2n) is 5.99. The molecule has 2 aromatic rings. The predicted octanol–water partition coefficient (Wildman–Crippen LogP) is 2.30. The van der Waals surface area contributed by atoms with Crippen LogP contribution in [0.1, 0.15) is 36.2 Å². The summed E-state index contributed by atoms with van der Waals surface area (Å²) in [5.41, 5.74) is -0.299. The third-order valence-corrected chi connectivity index (χ3v) is 4.10. The van der Waals surface area contributed by atoms with E-state index in [1.807, 2.05) is 19.9 Å². The second-order valence-corrected chi connectivity index (χ2v) is 5.99. The van der Waals surface area contributed by atoms with Crippen molar-refractivity contribution in [2.45, 2.75) is 31.9 Å². The number of amides is 1. The Kier molecular flexibility index (Phi) is 3.74. The summed E-state index contributed by atoms with van der Waals surface area (Å²) in [6.45, 7) is 3.76. The zero-order valence-corrected chi connectivity index (χ0v) is 13.1. The molecule has 1 aromatic heterocycles. The molecule has 23 heavy (non-hydrogen) atoms. The fraction of sp³-hybridized carbons (Fsp3) is 0.278. The second kappa shape index (κ2) is 5.59. The van der Waals surface area contributed by atoms with E-state index in [1.54, 1.807) is 41.4 Å². The first-order valence-electron chi connectivity index (χ1n) is 7.54. The van der Waals surface area contributed by atoms with Crippen LogP contribution in [0.3, 0.4) is 0 Å². The molecule has 1 aliphatic heterocycles. The Hall–Kier alpha value is -2.53. The molecule has 0 aliphatic carbocycles. The summed E-state index contributed by atoms with van der Waals surface area (Å²) in [5, 5.41) is 11.0. The van der Waals surface area contributed by atoms with Gasteiger partial charge in [0.05, 0.1) is 12.1 Å².